The molecule has 1 rings (SSSR count). The predicted molar refractivity (Wildman–Crippen MR) is 70.8 cm³/mol. The number of rotatable bonds is 7. The number of nitrogens with one attached hydrogen (secondary N) is 1. The van der Waals surface area contributed by atoms with Gasteiger partial charge in [-0.25, -0.2) is 0 Å². The average molecular weight is 244 g/mol. The van der Waals surface area contributed by atoms with Crippen molar-refractivity contribution in [1.82, 2.24) is 15.2 Å². The zero-order valence-corrected chi connectivity index (χ0v) is 11.5. The Morgan fingerprint density at radius 1 is 1.41 bits per heavy atom. The third kappa shape index (κ3) is 5.31. The smallest absolute Gasteiger partial charge is 0.0633 e. The Hall–Kier alpha value is -0.200. The van der Waals surface area contributed by atoms with Crippen LogP contribution < -0.4 is 11.3 Å². The highest BCUT2D eigenvalue weighted by Gasteiger charge is 2.24. The Morgan fingerprint density at radius 2 is 2.18 bits per heavy atom. The number of likely N-dealkylation sites (N-methyl/N-ethyl adjacent to an activating group) is 2. The van der Waals surface area contributed by atoms with Gasteiger partial charge in [-0.1, -0.05) is 6.92 Å². The first kappa shape index (κ1) is 14.9. The van der Waals surface area contributed by atoms with Gasteiger partial charge >= 0.3 is 0 Å². The van der Waals surface area contributed by atoms with Crippen LogP contribution in [0.2, 0.25) is 0 Å². The van der Waals surface area contributed by atoms with Crippen molar-refractivity contribution in [3.8, 4) is 0 Å². The number of piperazine rings is 1. The Labute approximate surface area is 105 Å². The van der Waals surface area contributed by atoms with E-state index in [-0.39, 0.29) is 6.04 Å². The first-order valence-corrected chi connectivity index (χ1v) is 6.60. The molecular formula is C12H28N4O. The maximum Gasteiger partial charge on any atom is 0.0633 e. The Morgan fingerprint density at radius 3 is 2.82 bits per heavy atom. The average Bonchev–Trinajstić information content (AvgIpc) is 2.32. The molecule has 0 aromatic rings. The molecule has 1 fully saturated rings. The molecule has 17 heavy (non-hydrogen) atoms. The van der Waals surface area contributed by atoms with Gasteiger partial charge in [0.2, 0.25) is 0 Å². The van der Waals surface area contributed by atoms with Gasteiger partial charge in [0, 0.05) is 38.3 Å². The summed E-state index contributed by atoms with van der Waals surface area (Å²) < 4.78 is 5.56. The summed E-state index contributed by atoms with van der Waals surface area (Å²) in [6.07, 6.45) is 2.10. The van der Waals surface area contributed by atoms with Crippen LogP contribution >= 0.6 is 0 Å². The molecule has 1 aliphatic rings. The lowest BCUT2D eigenvalue weighted by molar-refractivity contribution is 0.0708. The van der Waals surface area contributed by atoms with Gasteiger partial charge in [0.1, 0.15) is 0 Å². The van der Waals surface area contributed by atoms with Gasteiger partial charge in [-0.05, 0) is 26.9 Å². The summed E-state index contributed by atoms with van der Waals surface area (Å²) in [7, 11) is 4.37. The molecule has 5 nitrogen and oxygen atoms in total. The first-order chi connectivity index (χ1) is 8.17. The van der Waals surface area contributed by atoms with E-state index in [1.54, 1.807) is 0 Å². The summed E-state index contributed by atoms with van der Waals surface area (Å²) in [6, 6.07) is 0.820. The van der Waals surface area contributed by atoms with Crippen molar-refractivity contribution in [2.24, 2.45) is 5.84 Å². The Balaban J connectivity index is 2.32. The van der Waals surface area contributed by atoms with Gasteiger partial charge in [-0.15, -0.1) is 0 Å². The predicted octanol–water partition coefficient (Wildman–Crippen LogP) is -0.119. The largest absolute Gasteiger partial charge is 0.380 e. The number of hydrazine groups is 1. The fourth-order valence-corrected chi connectivity index (χ4v) is 2.24. The number of nitrogens with zero attached hydrogens (tertiary/aromatic N) is 2. The lowest BCUT2D eigenvalue weighted by atomic mass is 10.0. The number of ether oxygens (including phenoxy) is 1. The summed E-state index contributed by atoms with van der Waals surface area (Å²) in [4.78, 5) is 4.80. The third-order valence-electron chi connectivity index (χ3n) is 3.44. The van der Waals surface area contributed by atoms with Gasteiger partial charge in [-0.3, -0.25) is 11.3 Å². The fourth-order valence-electron chi connectivity index (χ4n) is 2.24. The van der Waals surface area contributed by atoms with Crippen LogP contribution in [0.5, 0.6) is 0 Å². The molecule has 2 atom stereocenters. The zero-order chi connectivity index (χ0) is 12.7. The zero-order valence-electron chi connectivity index (χ0n) is 11.5. The second kappa shape index (κ2) is 8.00. The molecule has 0 bridgehead atoms. The van der Waals surface area contributed by atoms with E-state index in [1.165, 1.54) is 0 Å². The molecule has 0 saturated carbocycles. The van der Waals surface area contributed by atoms with E-state index in [2.05, 4.69) is 36.2 Å². The number of hydrogen-bond donors (Lipinski definition) is 2. The summed E-state index contributed by atoms with van der Waals surface area (Å²) >= 11 is 0. The maximum absolute atomic E-state index is 5.59. The van der Waals surface area contributed by atoms with Gasteiger partial charge in [0.25, 0.3) is 0 Å². The molecule has 1 aliphatic heterocycles. The van der Waals surface area contributed by atoms with Crippen LogP contribution in [0.15, 0.2) is 0 Å². The van der Waals surface area contributed by atoms with Crippen molar-refractivity contribution in [3.05, 3.63) is 0 Å². The third-order valence-corrected chi connectivity index (χ3v) is 3.44. The van der Waals surface area contributed by atoms with Gasteiger partial charge in [-0.2, -0.15) is 0 Å². The summed E-state index contributed by atoms with van der Waals surface area (Å²) in [5, 5.41) is 0. The molecule has 0 aromatic heterocycles. The molecule has 0 spiro atoms. The molecule has 0 radical (unpaired) electrons. The van der Waals surface area contributed by atoms with Crippen LogP contribution in [-0.4, -0.2) is 68.8 Å². The molecule has 5 heteroatoms. The van der Waals surface area contributed by atoms with E-state index < -0.39 is 0 Å². The van der Waals surface area contributed by atoms with E-state index in [0.29, 0.717) is 12.6 Å². The molecule has 0 amide bonds. The maximum atomic E-state index is 5.59. The normalized spacial score (nSPS) is 25.1. The van der Waals surface area contributed by atoms with E-state index in [1.807, 2.05) is 0 Å². The van der Waals surface area contributed by atoms with Crippen LogP contribution in [0.4, 0.5) is 0 Å². The van der Waals surface area contributed by atoms with E-state index in [4.69, 9.17) is 10.6 Å². The fraction of sp³-hybridized carbons (Fsp3) is 1.00. The molecule has 0 aromatic carbocycles. The lowest BCUT2D eigenvalue weighted by Crippen LogP contribution is -2.53. The van der Waals surface area contributed by atoms with Crippen molar-refractivity contribution in [1.29, 1.82) is 0 Å². The number of hydrogen-bond acceptors (Lipinski definition) is 5. The van der Waals surface area contributed by atoms with Crippen molar-refractivity contribution >= 4 is 0 Å². The van der Waals surface area contributed by atoms with Gasteiger partial charge in [0.05, 0.1) is 6.61 Å². The summed E-state index contributed by atoms with van der Waals surface area (Å²) in [6.45, 7) is 7.04. The Kier molecular flexibility index (Phi) is 6.99. The molecular weight excluding hydrogens is 216 g/mol. The molecule has 3 N–H and O–H groups in total. The van der Waals surface area contributed by atoms with Gasteiger partial charge < -0.3 is 14.5 Å². The second-order valence-corrected chi connectivity index (χ2v) is 5.07. The summed E-state index contributed by atoms with van der Waals surface area (Å²) in [5.74, 6) is 5.59. The first-order valence-electron chi connectivity index (χ1n) is 6.60. The van der Waals surface area contributed by atoms with Crippen molar-refractivity contribution < 1.29 is 4.74 Å². The summed E-state index contributed by atoms with van der Waals surface area (Å²) in [5.41, 5.74) is 2.87. The minimum atomic E-state index is 0.250. The van der Waals surface area contributed by atoms with E-state index >= 15 is 0 Å². The lowest BCUT2D eigenvalue weighted by Gasteiger charge is -2.39. The van der Waals surface area contributed by atoms with Crippen LogP contribution in [0.1, 0.15) is 19.8 Å². The quantitative estimate of drug-likeness (QED) is 0.371. The highest BCUT2D eigenvalue weighted by atomic mass is 16.5. The minimum absolute atomic E-state index is 0.250. The van der Waals surface area contributed by atoms with Crippen molar-refractivity contribution in [2.45, 2.75) is 31.8 Å². The standard InChI is InChI=1S/C12H28N4O/c1-4-7-17-10-11(14-13)8-12-9-15(2)5-6-16(12)3/h11-12,14H,4-10,13H2,1-3H3. The van der Waals surface area contributed by atoms with E-state index in [9.17, 15) is 0 Å². The van der Waals surface area contributed by atoms with Crippen LogP contribution in [0, 0.1) is 0 Å². The van der Waals surface area contributed by atoms with Crippen molar-refractivity contribution in [3.63, 3.8) is 0 Å². The van der Waals surface area contributed by atoms with Crippen LogP contribution in [-0.2, 0) is 4.74 Å². The highest BCUT2D eigenvalue weighted by molar-refractivity contribution is 4.82. The molecule has 2 unspecified atom stereocenters. The monoisotopic (exact) mass is 244 g/mol. The molecule has 102 valence electrons. The molecule has 0 aliphatic carbocycles. The van der Waals surface area contributed by atoms with Crippen LogP contribution in [0.3, 0.4) is 0 Å². The molecule has 1 heterocycles. The SMILES string of the molecule is CCCOCC(CC1CN(C)CCN1C)NN. The highest BCUT2D eigenvalue weighted by Crippen LogP contribution is 2.11. The van der Waals surface area contributed by atoms with Crippen LogP contribution in [0.25, 0.3) is 0 Å². The second-order valence-electron chi connectivity index (χ2n) is 5.07. The topological polar surface area (TPSA) is 53.8 Å². The van der Waals surface area contributed by atoms with Gasteiger partial charge in [0.15, 0.2) is 0 Å². The number of nitrogens with two attached hydrogens (primary N) is 1. The van der Waals surface area contributed by atoms with E-state index in [0.717, 1.165) is 39.1 Å². The molecule has 1 saturated heterocycles. The minimum Gasteiger partial charge on any atom is -0.380 e. The Bertz CT molecular complexity index is 203. The van der Waals surface area contributed by atoms with Crippen molar-refractivity contribution in [2.75, 3.05) is 46.9 Å².